The number of nitrogens with zero attached hydrogens (tertiary/aromatic N) is 4. The van der Waals surface area contributed by atoms with E-state index in [1.165, 1.54) is 0 Å². The lowest BCUT2D eigenvalue weighted by atomic mass is 10.2. The quantitative estimate of drug-likeness (QED) is 0.673. The molecule has 5 nitrogen and oxygen atoms in total. The average molecular weight is 381 g/mol. The van der Waals surface area contributed by atoms with Gasteiger partial charge in [-0.25, -0.2) is 0 Å². The monoisotopic (exact) mass is 380 g/mol. The molecule has 1 aliphatic heterocycles. The number of halogens is 1. The number of thioether (sulfide) groups is 1. The number of fused-ring (bicyclic) bond motifs is 1. The molecule has 8 heteroatoms. The van der Waals surface area contributed by atoms with Gasteiger partial charge in [-0.05, 0) is 41.1 Å². The first-order chi connectivity index (χ1) is 10.2. The van der Waals surface area contributed by atoms with Crippen molar-refractivity contribution in [2.45, 2.75) is 12.1 Å². The molecule has 0 atom stereocenters. The predicted molar refractivity (Wildman–Crippen MR) is 87.1 cm³/mol. The summed E-state index contributed by atoms with van der Waals surface area (Å²) in [5, 5.41) is 14.0. The normalized spacial score (nSPS) is 14.1. The summed E-state index contributed by atoms with van der Waals surface area (Å²) in [5.74, 6) is 2.34. The average Bonchev–Trinajstić information content (AvgIpc) is 3.17. The van der Waals surface area contributed by atoms with Gasteiger partial charge in [0.05, 0.1) is 26.2 Å². The minimum absolute atomic E-state index is 0.719. The van der Waals surface area contributed by atoms with Gasteiger partial charge in [0.25, 0.3) is 0 Å². The van der Waals surface area contributed by atoms with E-state index < -0.39 is 0 Å². The SMILES string of the molecule is Cc1occc1-c1nnc2n1N=C(c1ccc(Br)s1)CS2. The van der Waals surface area contributed by atoms with Crippen LogP contribution >= 0.6 is 39.0 Å². The van der Waals surface area contributed by atoms with E-state index in [0.717, 1.165) is 42.4 Å². The van der Waals surface area contributed by atoms with Gasteiger partial charge in [0.1, 0.15) is 5.76 Å². The molecule has 3 aromatic rings. The van der Waals surface area contributed by atoms with Crippen molar-refractivity contribution in [2.24, 2.45) is 5.10 Å². The second kappa shape index (κ2) is 5.11. The van der Waals surface area contributed by atoms with Crippen LogP contribution in [0, 0.1) is 6.92 Å². The molecule has 0 amide bonds. The van der Waals surface area contributed by atoms with Crippen LogP contribution in [0.2, 0.25) is 0 Å². The van der Waals surface area contributed by atoms with Gasteiger partial charge in [-0.15, -0.1) is 21.5 Å². The van der Waals surface area contributed by atoms with Crippen LogP contribution in [0.5, 0.6) is 0 Å². The molecular formula is C13H9BrN4OS2. The summed E-state index contributed by atoms with van der Waals surface area (Å²) in [4.78, 5) is 1.16. The molecule has 1 aliphatic rings. The van der Waals surface area contributed by atoms with Gasteiger partial charge >= 0.3 is 0 Å². The molecule has 21 heavy (non-hydrogen) atoms. The smallest absolute Gasteiger partial charge is 0.212 e. The molecule has 4 heterocycles. The van der Waals surface area contributed by atoms with Crippen LogP contribution in [0.15, 0.2) is 42.9 Å². The van der Waals surface area contributed by atoms with Crippen molar-refractivity contribution in [3.05, 3.63) is 38.9 Å². The predicted octanol–water partition coefficient (Wildman–Crippen LogP) is 4.03. The Morgan fingerprint density at radius 3 is 2.90 bits per heavy atom. The Morgan fingerprint density at radius 2 is 2.19 bits per heavy atom. The summed E-state index contributed by atoms with van der Waals surface area (Å²) in [7, 11) is 0. The van der Waals surface area contributed by atoms with Gasteiger partial charge in [0.2, 0.25) is 5.16 Å². The molecule has 0 fully saturated rings. The minimum Gasteiger partial charge on any atom is -0.469 e. The van der Waals surface area contributed by atoms with Crippen molar-refractivity contribution in [2.75, 3.05) is 5.75 Å². The van der Waals surface area contributed by atoms with Crippen LogP contribution in [0.1, 0.15) is 10.6 Å². The lowest BCUT2D eigenvalue weighted by Crippen LogP contribution is -2.12. The second-order valence-corrected chi connectivity index (χ2v) is 7.85. The van der Waals surface area contributed by atoms with E-state index in [1.54, 1.807) is 34.0 Å². The zero-order valence-electron chi connectivity index (χ0n) is 10.9. The number of hydrogen-bond acceptors (Lipinski definition) is 6. The van der Waals surface area contributed by atoms with Crippen LogP contribution in [-0.4, -0.2) is 26.3 Å². The molecule has 0 saturated heterocycles. The van der Waals surface area contributed by atoms with Crippen LogP contribution in [-0.2, 0) is 0 Å². The van der Waals surface area contributed by atoms with Crippen molar-refractivity contribution < 1.29 is 4.42 Å². The van der Waals surface area contributed by atoms with Crippen LogP contribution < -0.4 is 0 Å². The molecule has 0 saturated carbocycles. The summed E-state index contributed by atoms with van der Waals surface area (Å²) >= 11 is 6.81. The van der Waals surface area contributed by atoms with Crippen LogP contribution in [0.4, 0.5) is 0 Å². The van der Waals surface area contributed by atoms with Gasteiger partial charge in [-0.1, -0.05) is 11.8 Å². The maximum absolute atomic E-state index is 5.35. The minimum atomic E-state index is 0.719. The molecule has 3 aromatic heterocycles. The fraction of sp³-hybridized carbons (Fsp3) is 0.154. The molecule has 0 bridgehead atoms. The van der Waals surface area contributed by atoms with Gasteiger partial charge in [0.15, 0.2) is 5.82 Å². The Morgan fingerprint density at radius 1 is 1.29 bits per heavy atom. The third-order valence-electron chi connectivity index (χ3n) is 3.13. The molecule has 0 aliphatic carbocycles. The summed E-state index contributed by atoms with van der Waals surface area (Å²) < 4.78 is 8.26. The highest BCUT2D eigenvalue weighted by atomic mass is 79.9. The van der Waals surface area contributed by atoms with E-state index >= 15 is 0 Å². The number of hydrogen-bond donors (Lipinski definition) is 0. The third-order valence-corrected chi connectivity index (χ3v) is 5.73. The van der Waals surface area contributed by atoms with E-state index in [4.69, 9.17) is 9.52 Å². The summed E-state index contributed by atoms with van der Waals surface area (Å²) in [6, 6.07) is 6.01. The zero-order chi connectivity index (χ0) is 14.4. The molecule has 106 valence electrons. The van der Waals surface area contributed by atoms with E-state index in [1.807, 2.05) is 19.1 Å². The maximum Gasteiger partial charge on any atom is 0.212 e. The van der Waals surface area contributed by atoms with E-state index in [2.05, 4.69) is 32.2 Å². The maximum atomic E-state index is 5.35. The molecule has 0 radical (unpaired) electrons. The first-order valence-electron chi connectivity index (χ1n) is 6.18. The second-order valence-electron chi connectivity index (χ2n) is 4.45. The summed E-state index contributed by atoms with van der Waals surface area (Å²) in [6.45, 7) is 1.91. The number of aryl methyl sites for hydroxylation is 1. The Kier molecular flexibility index (Phi) is 3.24. The topological polar surface area (TPSA) is 56.2 Å². The number of furan rings is 1. The molecule has 0 spiro atoms. The molecule has 4 rings (SSSR count). The van der Waals surface area contributed by atoms with Crippen LogP contribution in [0.25, 0.3) is 11.4 Å². The zero-order valence-corrected chi connectivity index (χ0v) is 14.1. The van der Waals surface area contributed by atoms with E-state index in [9.17, 15) is 0 Å². The number of rotatable bonds is 2. The van der Waals surface area contributed by atoms with Crippen molar-refractivity contribution in [1.29, 1.82) is 0 Å². The highest BCUT2D eigenvalue weighted by molar-refractivity contribution is 9.11. The number of aromatic nitrogens is 3. The number of thiophene rings is 1. The van der Waals surface area contributed by atoms with Gasteiger partial charge in [0, 0.05) is 5.75 Å². The van der Waals surface area contributed by atoms with E-state index in [-0.39, 0.29) is 0 Å². The molecular weight excluding hydrogens is 372 g/mol. The van der Waals surface area contributed by atoms with Crippen molar-refractivity contribution in [3.8, 4) is 11.4 Å². The molecule has 0 N–H and O–H groups in total. The van der Waals surface area contributed by atoms with Crippen molar-refractivity contribution in [3.63, 3.8) is 0 Å². The summed E-state index contributed by atoms with van der Waals surface area (Å²) in [5.41, 5.74) is 1.96. The lowest BCUT2D eigenvalue weighted by Gasteiger charge is -2.12. The first-order valence-corrected chi connectivity index (χ1v) is 8.78. The third kappa shape index (κ3) is 2.27. The van der Waals surface area contributed by atoms with Gasteiger partial charge < -0.3 is 4.42 Å². The van der Waals surface area contributed by atoms with Crippen molar-refractivity contribution in [1.82, 2.24) is 14.9 Å². The molecule has 0 unspecified atom stereocenters. The van der Waals surface area contributed by atoms with E-state index in [0.29, 0.717) is 0 Å². The molecule has 0 aromatic carbocycles. The van der Waals surface area contributed by atoms with Crippen LogP contribution in [0.3, 0.4) is 0 Å². The standard InChI is InChI=1S/C13H9BrN4OS2/c1-7-8(4-5-19-7)12-15-16-13-18(12)17-9(6-20-13)10-2-3-11(14)21-10/h2-5H,6H2,1H3. The highest BCUT2D eigenvalue weighted by Crippen LogP contribution is 2.32. The largest absolute Gasteiger partial charge is 0.469 e. The first kappa shape index (κ1) is 13.3. The highest BCUT2D eigenvalue weighted by Gasteiger charge is 2.22. The fourth-order valence-electron chi connectivity index (χ4n) is 2.10. The Balaban J connectivity index is 1.83. The Hall–Kier alpha value is -1.38. The lowest BCUT2D eigenvalue weighted by molar-refractivity contribution is 0.534. The summed E-state index contributed by atoms with van der Waals surface area (Å²) in [6.07, 6.45) is 1.66. The Bertz CT molecular complexity index is 848. The van der Waals surface area contributed by atoms with Gasteiger partial charge in [-0.3, -0.25) is 0 Å². The van der Waals surface area contributed by atoms with Gasteiger partial charge in [-0.2, -0.15) is 9.78 Å². The van der Waals surface area contributed by atoms with Crippen molar-refractivity contribution >= 4 is 44.7 Å². The fourth-order valence-corrected chi connectivity index (χ4v) is 4.39. The Labute approximate surface area is 137 Å².